The lowest BCUT2D eigenvalue weighted by molar-refractivity contribution is 0.304. The molecule has 1 rings (SSSR count). The first-order valence-corrected chi connectivity index (χ1v) is 6.93. The molecule has 5 nitrogen and oxygen atoms in total. The molecule has 0 unspecified atom stereocenters. The van der Waals surface area contributed by atoms with Crippen molar-refractivity contribution in [2.24, 2.45) is 16.3 Å². The number of aryl methyl sites for hydroxylation is 1. The third-order valence-corrected chi connectivity index (χ3v) is 3.75. The second-order valence-electron chi connectivity index (χ2n) is 5.01. The third kappa shape index (κ3) is 4.62. The summed E-state index contributed by atoms with van der Waals surface area (Å²) in [4.78, 5) is 4.38. The van der Waals surface area contributed by atoms with Gasteiger partial charge in [-0.05, 0) is 26.3 Å². The number of nitrogens with one attached hydrogen (secondary N) is 1. The van der Waals surface area contributed by atoms with E-state index in [1.165, 1.54) is 0 Å². The van der Waals surface area contributed by atoms with E-state index in [2.05, 4.69) is 20.8 Å². The molecule has 0 spiro atoms. The number of hydrogen-bond acceptors (Lipinski definition) is 5. The van der Waals surface area contributed by atoms with Crippen molar-refractivity contribution >= 4 is 17.2 Å². The lowest BCUT2D eigenvalue weighted by atomic mass is 9.86. The fourth-order valence-electron chi connectivity index (χ4n) is 1.62. The number of nitrogens with two attached hydrogens (primary N) is 1. The largest absolute Gasteiger partial charge is 0.409 e. The average Bonchev–Trinajstić information content (AvgIpc) is 2.73. The van der Waals surface area contributed by atoms with Crippen LogP contribution in [0.15, 0.2) is 10.5 Å². The van der Waals surface area contributed by atoms with Gasteiger partial charge in [-0.15, -0.1) is 11.3 Å². The molecule has 1 aromatic heterocycles. The number of nitrogens with zero attached hydrogens (tertiary/aromatic N) is 2. The SMILES string of the molecule is Cc1nc(CNCCCC(C)(C)C(N)=NO)cs1. The molecule has 0 aromatic carbocycles. The number of hydrogen-bond donors (Lipinski definition) is 3. The minimum atomic E-state index is -0.256. The van der Waals surface area contributed by atoms with Gasteiger partial charge in [-0.3, -0.25) is 0 Å². The van der Waals surface area contributed by atoms with Crippen LogP contribution in [0.25, 0.3) is 0 Å². The van der Waals surface area contributed by atoms with Crippen LogP contribution in [0, 0.1) is 12.3 Å². The topological polar surface area (TPSA) is 83.5 Å². The van der Waals surface area contributed by atoms with Crippen molar-refractivity contribution in [3.8, 4) is 0 Å². The average molecular weight is 270 g/mol. The zero-order valence-electron chi connectivity index (χ0n) is 11.2. The third-order valence-electron chi connectivity index (χ3n) is 2.93. The van der Waals surface area contributed by atoms with Crippen LogP contribution in [0.3, 0.4) is 0 Å². The lowest BCUT2D eigenvalue weighted by Crippen LogP contribution is -2.32. The van der Waals surface area contributed by atoms with Crippen molar-refractivity contribution in [3.05, 3.63) is 16.1 Å². The minimum absolute atomic E-state index is 0.256. The van der Waals surface area contributed by atoms with Gasteiger partial charge in [0.05, 0.1) is 10.7 Å². The highest BCUT2D eigenvalue weighted by molar-refractivity contribution is 7.09. The maximum atomic E-state index is 8.66. The summed E-state index contributed by atoms with van der Waals surface area (Å²) < 4.78 is 0. The summed E-state index contributed by atoms with van der Waals surface area (Å²) >= 11 is 1.67. The predicted molar refractivity (Wildman–Crippen MR) is 75.0 cm³/mol. The first-order valence-electron chi connectivity index (χ1n) is 6.05. The molecule has 1 aromatic rings. The Hall–Kier alpha value is -1.14. The monoisotopic (exact) mass is 270 g/mol. The second kappa shape index (κ2) is 6.70. The summed E-state index contributed by atoms with van der Waals surface area (Å²) in [5, 5.41) is 18.3. The number of oxime groups is 1. The summed E-state index contributed by atoms with van der Waals surface area (Å²) in [6.07, 6.45) is 1.86. The van der Waals surface area contributed by atoms with Gasteiger partial charge in [0.15, 0.2) is 0 Å². The Labute approximate surface area is 112 Å². The first kappa shape index (κ1) is 14.9. The molecule has 0 saturated heterocycles. The van der Waals surface area contributed by atoms with Gasteiger partial charge in [0.2, 0.25) is 0 Å². The van der Waals surface area contributed by atoms with Crippen LogP contribution in [0.1, 0.15) is 37.4 Å². The zero-order valence-corrected chi connectivity index (χ0v) is 12.0. The zero-order chi connectivity index (χ0) is 13.6. The quantitative estimate of drug-likeness (QED) is 0.233. The van der Waals surface area contributed by atoms with Crippen LogP contribution < -0.4 is 11.1 Å². The maximum Gasteiger partial charge on any atom is 0.144 e. The molecule has 0 aliphatic rings. The van der Waals surface area contributed by atoms with Crippen molar-refractivity contribution in [1.82, 2.24) is 10.3 Å². The molecule has 6 heteroatoms. The van der Waals surface area contributed by atoms with Crippen LogP contribution in [0.2, 0.25) is 0 Å². The van der Waals surface area contributed by atoms with Crippen molar-refractivity contribution < 1.29 is 5.21 Å². The van der Waals surface area contributed by atoms with Crippen molar-refractivity contribution in [3.63, 3.8) is 0 Å². The summed E-state index contributed by atoms with van der Waals surface area (Å²) in [5.74, 6) is 0.289. The van der Waals surface area contributed by atoms with Crippen molar-refractivity contribution in [1.29, 1.82) is 0 Å². The van der Waals surface area contributed by atoms with Gasteiger partial charge in [-0.25, -0.2) is 4.98 Å². The molecule has 0 radical (unpaired) electrons. The highest BCUT2D eigenvalue weighted by Crippen LogP contribution is 2.21. The Morgan fingerprint density at radius 2 is 2.33 bits per heavy atom. The van der Waals surface area contributed by atoms with E-state index in [1.54, 1.807) is 11.3 Å². The van der Waals surface area contributed by atoms with E-state index < -0.39 is 0 Å². The fraction of sp³-hybridized carbons (Fsp3) is 0.667. The highest BCUT2D eigenvalue weighted by Gasteiger charge is 2.22. The van der Waals surface area contributed by atoms with Crippen LogP contribution in [0.4, 0.5) is 0 Å². The second-order valence-corrected chi connectivity index (χ2v) is 6.07. The molecule has 4 N–H and O–H groups in total. The molecular formula is C12H22N4OS. The molecular weight excluding hydrogens is 248 g/mol. The Balaban J connectivity index is 2.19. The van der Waals surface area contributed by atoms with Gasteiger partial charge in [0.1, 0.15) is 5.84 Å². The van der Waals surface area contributed by atoms with Gasteiger partial charge < -0.3 is 16.3 Å². The molecule has 18 heavy (non-hydrogen) atoms. The van der Waals surface area contributed by atoms with Gasteiger partial charge in [0.25, 0.3) is 0 Å². The smallest absolute Gasteiger partial charge is 0.144 e. The number of amidine groups is 1. The first-order chi connectivity index (χ1) is 8.45. The number of thiazole rings is 1. The van der Waals surface area contributed by atoms with E-state index >= 15 is 0 Å². The molecule has 102 valence electrons. The van der Waals surface area contributed by atoms with Gasteiger partial charge in [0, 0.05) is 17.3 Å². The fourth-order valence-corrected chi connectivity index (χ4v) is 2.24. The predicted octanol–water partition coefficient (Wildman–Crippen LogP) is 2.09. The Morgan fingerprint density at radius 1 is 1.61 bits per heavy atom. The molecule has 0 aliphatic heterocycles. The molecule has 0 aliphatic carbocycles. The maximum absolute atomic E-state index is 8.66. The van der Waals surface area contributed by atoms with E-state index in [4.69, 9.17) is 10.9 Å². The summed E-state index contributed by atoms with van der Waals surface area (Å²) in [5.41, 5.74) is 6.46. The highest BCUT2D eigenvalue weighted by atomic mass is 32.1. The van der Waals surface area contributed by atoms with Crippen LogP contribution >= 0.6 is 11.3 Å². The Morgan fingerprint density at radius 3 is 2.89 bits per heavy atom. The van der Waals surface area contributed by atoms with Gasteiger partial charge in [-0.2, -0.15) is 0 Å². The lowest BCUT2D eigenvalue weighted by Gasteiger charge is -2.22. The van der Waals surface area contributed by atoms with E-state index in [0.29, 0.717) is 0 Å². The summed E-state index contributed by atoms with van der Waals surface area (Å²) in [7, 11) is 0. The van der Waals surface area contributed by atoms with Crippen LogP contribution in [-0.4, -0.2) is 22.6 Å². The van der Waals surface area contributed by atoms with E-state index in [1.807, 2.05) is 20.8 Å². The summed E-state index contributed by atoms with van der Waals surface area (Å²) in [6, 6.07) is 0. The number of aromatic nitrogens is 1. The normalized spacial score (nSPS) is 12.9. The van der Waals surface area contributed by atoms with Gasteiger partial charge in [-0.1, -0.05) is 19.0 Å². The molecule has 0 fully saturated rings. The van der Waals surface area contributed by atoms with E-state index in [9.17, 15) is 0 Å². The molecule has 0 saturated carbocycles. The van der Waals surface area contributed by atoms with Crippen molar-refractivity contribution in [2.75, 3.05) is 6.54 Å². The van der Waals surface area contributed by atoms with Crippen LogP contribution in [-0.2, 0) is 6.54 Å². The number of rotatable bonds is 7. The molecule has 1 heterocycles. The standard InChI is InChI=1S/C12H22N4OS/c1-9-15-10(8-18-9)7-14-6-4-5-12(2,3)11(13)16-17/h8,14,17H,4-7H2,1-3H3,(H2,13,16). The summed E-state index contributed by atoms with van der Waals surface area (Å²) in [6.45, 7) is 7.67. The Kier molecular flexibility index (Phi) is 5.55. The molecule has 0 atom stereocenters. The van der Waals surface area contributed by atoms with E-state index in [0.717, 1.165) is 36.6 Å². The van der Waals surface area contributed by atoms with Gasteiger partial charge >= 0.3 is 0 Å². The van der Waals surface area contributed by atoms with Crippen molar-refractivity contribution in [2.45, 2.75) is 40.2 Å². The van der Waals surface area contributed by atoms with E-state index in [-0.39, 0.29) is 11.3 Å². The molecule has 0 bridgehead atoms. The van der Waals surface area contributed by atoms with Crippen LogP contribution in [0.5, 0.6) is 0 Å². The minimum Gasteiger partial charge on any atom is -0.409 e. The Bertz CT molecular complexity index is 401. The molecule has 0 amide bonds.